The summed E-state index contributed by atoms with van der Waals surface area (Å²) in [5.74, 6) is -0.397. The molecule has 2 nitrogen and oxygen atoms in total. The maximum absolute atomic E-state index is 12.7. The van der Waals surface area contributed by atoms with E-state index in [1.165, 1.54) is 18.2 Å². The van der Waals surface area contributed by atoms with Gasteiger partial charge in [-0.3, -0.25) is 0 Å². The molecule has 2 rings (SSSR count). The van der Waals surface area contributed by atoms with Crippen LogP contribution in [0.3, 0.4) is 0 Å². The molecule has 0 bridgehead atoms. The second-order valence-electron chi connectivity index (χ2n) is 3.87. The average Bonchev–Trinajstić information content (AvgIpc) is 2.39. The highest BCUT2D eigenvalue weighted by atomic mass is 19.4. The summed E-state index contributed by atoms with van der Waals surface area (Å²) in [7, 11) is 0. The monoisotopic (exact) mass is 268 g/mol. The van der Waals surface area contributed by atoms with E-state index in [9.17, 15) is 18.3 Å². The van der Waals surface area contributed by atoms with Crippen LogP contribution in [-0.4, -0.2) is 5.11 Å². The van der Waals surface area contributed by atoms with E-state index in [0.29, 0.717) is 5.56 Å². The van der Waals surface area contributed by atoms with E-state index >= 15 is 0 Å². The van der Waals surface area contributed by atoms with Crippen molar-refractivity contribution in [1.82, 2.24) is 0 Å². The van der Waals surface area contributed by atoms with Gasteiger partial charge in [0.05, 0.1) is 5.56 Å². The molecule has 0 aliphatic rings. The first-order valence-electron chi connectivity index (χ1n) is 5.54. The minimum atomic E-state index is -4.52. The highest BCUT2D eigenvalue weighted by molar-refractivity contribution is 5.36. The quantitative estimate of drug-likeness (QED) is 0.858. The molecular weight excluding hydrogens is 257 g/mol. The van der Waals surface area contributed by atoms with Gasteiger partial charge in [-0.1, -0.05) is 42.5 Å². The molecule has 0 amide bonds. The molecule has 0 aliphatic heterocycles. The molecule has 0 aliphatic carbocycles. The standard InChI is InChI=1S/C14H11F3O2/c15-14(16,17)11-8-4-5-9-12(11)19-13(18)10-6-2-1-3-7-10/h1-9,13,18H. The molecule has 0 heterocycles. The summed E-state index contributed by atoms with van der Waals surface area (Å²) < 4.78 is 43.2. The summed E-state index contributed by atoms with van der Waals surface area (Å²) in [6, 6.07) is 13.0. The Balaban J connectivity index is 2.25. The fraction of sp³-hybridized carbons (Fsp3) is 0.143. The maximum atomic E-state index is 12.7. The van der Waals surface area contributed by atoms with E-state index in [2.05, 4.69) is 0 Å². The molecule has 0 spiro atoms. The number of hydrogen-bond acceptors (Lipinski definition) is 2. The van der Waals surface area contributed by atoms with Crippen LogP contribution in [0.25, 0.3) is 0 Å². The zero-order valence-electron chi connectivity index (χ0n) is 9.76. The number of benzene rings is 2. The first-order valence-corrected chi connectivity index (χ1v) is 5.54. The van der Waals surface area contributed by atoms with Crippen LogP contribution in [0.1, 0.15) is 17.4 Å². The van der Waals surface area contributed by atoms with Gasteiger partial charge < -0.3 is 9.84 Å². The molecule has 0 saturated heterocycles. The van der Waals surface area contributed by atoms with E-state index < -0.39 is 23.8 Å². The smallest absolute Gasteiger partial charge is 0.419 e. The third-order valence-corrected chi connectivity index (χ3v) is 2.52. The molecule has 0 saturated carbocycles. The van der Waals surface area contributed by atoms with Crippen molar-refractivity contribution in [3.63, 3.8) is 0 Å². The van der Waals surface area contributed by atoms with Gasteiger partial charge in [-0.05, 0) is 12.1 Å². The van der Waals surface area contributed by atoms with Gasteiger partial charge in [0.1, 0.15) is 5.75 Å². The van der Waals surface area contributed by atoms with E-state index in [4.69, 9.17) is 4.74 Å². The number of ether oxygens (including phenoxy) is 1. The summed E-state index contributed by atoms with van der Waals surface area (Å²) in [5.41, 5.74) is -0.524. The fourth-order valence-corrected chi connectivity index (χ4v) is 1.61. The van der Waals surface area contributed by atoms with Crippen molar-refractivity contribution in [2.45, 2.75) is 12.5 Å². The molecule has 2 aromatic rings. The van der Waals surface area contributed by atoms with Gasteiger partial charge in [-0.15, -0.1) is 0 Å². The van der Waals surface area contributed by atoms with Crippen molar-refractivity contribution in [2.24, 2.45) is 0 Å². The minimum absolute atomic E-state index is 0.388. The van der Waals surface area contributed by atoms with Crippen LogP contribution in [0.15, 0.2) is 54.6 Å². The third kappa shape index (κ3) is 3.26. The molecule has 100 valence electrons. The van der Waals surface area contributed by atoms with Gasteiger partial charge in [0, 0.05) is 5.56 Å². The Morgan fingerprint density at radius 2 is 1.47 bits per heavy atom. The van der Waals surface area contributed by atoms with Crippen LogP contribution in [0.2, 0.25) is 0 Å². The number of aliphatic hydroxyl groups excluding tert-OH is 1. The summed E-state index contributed by atoms with van der Waals surface area (Å²) in [4.78, 5) is 0. The Kier molecular flexibility index (Phi) is 3.76. The van der Waals surface area contributed by atoms with Gasteiger partial charge >= 0.3 is 6.18 Å². The largest absolute Gasteiger partial charge is 0.460 e. The van der Waals surface area contributed by atoms with Crippen LogP contribution in [0, 0.1) is 0 Å². The molecule has 0 radical (unpaired) electrons. The highest BCUT2D eigenvalue weighted by Crippen LogP contribution is 2.37. The van der Waals surface area contributed by atoms with Gasteiger partial charge in [-0.25, -0.2) is 0 Å². The third-order valence-electron chi connectivity index (χ3n) is 2.52. The van der Waals surface area contributed by atoms with Crippen molar-refractivity contribution in [2.75, 3.05) is 0 Å². The maximum Gasteiger partial charge on any atom is 0.419 e. The number of rotatable bonds is 3. The van der Waals surface area contributed by atoms with Gasteiger partial charge in [0.15, 0.2) is 0 Å². The van der Waals surface area contributed by atoms with Crippen molar-refractivity contribution in [1.29, 1.82) is 0 Å². The Bertz CT molecular complexity index is 538. The van der Waals surface area contributed by atoms with Crippen LogP contribution in [-0.2, 0) is 6.18 Å². The summed E-state index contributed by atoms with van der Waals surface area (Å²) in [6.45, 7) is 0. The molecule has 2 aromatic carbocycles. The lowest BCUT2D eigenvalue weighted by Gasteiger charge is -2.17. The lowest BCUT2D eigenvalue weighted by molar-refractivity contribution is -0.141. The predicted octanol–water partition coefficient (Wildman–Crippen LogP) is 3.78. The Labute approximate surface area is 108 Å². The number of hydrogen-bond donors (Lipinski definition) is 1. The molecule has 0 aromatic heterocycles. The van der Waals surface area contributed by atoms with E-state index in [1.54, 1.807) is 30.3 Å². The molecule has 1 N–H and O–H groups in total. The van der Waals surface area contributed by atoms with Gasteiger partial charge in [0.25, 0.3) is 0 Å². The number of aliphatic hydroxyl groups is 1. The highest BCUT2D eigenvalue weighted by Gasteiger charge is 2.34. The topological polar surface area (TPSA) is 29.5 Å². The SMILES string of the molecule is OC(Oc1ccccc1C(F)(F)F)c1ccccc1. The molecule has 5 heteroatoms. The Morgan fingerprint density at radius 3 is 2.11 bits per heavy atom. The van der Waals surface area contributed by atoms with Gasteiger partial charge in [0.2, 0.25) is 6.29 Å². The van der Waals surface area contributed by atoms with Crippen molar-refractivity contribution < 1.29 is 23.0 Å². The van der Waals surface area contributed by atoms with E-state index in [0.717, 1.165) is 6.07 Å². The van der Waals surface area contributed by atoms with Crippen molar-refractivity contribution >= 4 is 0 Å². The second kappa shape index (κ2) is 5.32. The minimum Gasteiger partial charge on any atom is -0.460 e. The molecule has 19 heavy (non-hydrogen) atoms. The van der Waals surface area contributed by atoms with Crippen LogP contribution >= 0.6 is 0 Å². The Morgan fingerprint density at radius 1 is 0.895 bits per heavy atom. The Hall–Kier alpha value is -2.01. The summed E-state index contributed by atoms with van der Waals surface area (Å²) >= 11 is 0. The number of halogens is 3. The van der Waals surface area contributed by atoms with Crippen LogP contribution in [0.4, 0.5) is 13.2 Å². The zero-order valence-corrected chi connectivity index (χ0v) is 9.76. The molecule has 0 fully saturated rings. The summed E-state index contributed by atoms with van der Waals surface area (Å²) in [5, 5.41) is 9.77. The average molecular weight is 268 g/mol. The normalized spacial score (nSPS) is 13.1. The molecule has 1 atom stereocenters. The van der Waals surface area contributed by atoms with Crippen LogP contribution in [0.5, 0.6) is 5.75 Å². The van der Waals surface area contributed by atoms with Crippen molar-refractivity contribution in [3.8, 4) is 5.75 Å². The van der Waals surface area contributed by atoms with E-state index in [1.807, 2.05) is 0 Å². The van der Waals surface area contributed by atoms with E-state index in [-0.39, 0.29) is 0 Å². The van der Waals surface area contributed by atoms with Crippen LogP contribution < -0.4 is 4.74 Å². The summed E-state index contributed by atoms with van der Waals surface area (Å²) in [6.07, 6.45) is -5.96. The molecular formula is C14H11F3O2. The number of para-hydroxylation sites is 1. The lowest BCUT2D eigenvalue weighted by Crippen LogP contribution is -2.12. The van der Waals surface area contributed by atoms with Crippen molar-refractivity contribution in [3.05, 3.63) is 65.7 Å². The lowest BCUT2D eigenvalue weighted by atomic mass is 10.2. The second-order valence-corrected chi connectivity index (χ2v) is 3.87. The first kappa shape index (κ1) is 13.4. The van der Waals surface area contributed by atoms with Gasteiger partial charge in [-0.2, -0.15) is 13.2 Å². The predicted molar refractivity (Wildman–Crippen MR) is 63.5 cm³/mol. The first-order chi connectivity index (χ1) is 8.98. The zero-order chi connectivity index (χ0) is 13.9. The fourth-order valence-electron chi connectivity index (χ4n) is 1.61. The molecule has 1 unspecified atom stereocenters. The number of alkyl halides is 3.